The summed E-state index contributed by atoms with van der Waals surface area (Å²) in [5.41, 5.74) is 0.955. The number of hydrogen-bond acceptors (Lipinski definition) is 6. The Morgan fingerprint density at radius 1 is 0.677 bits per heavy atom. The molecular weight excluding hydrogens is 424 g/mol. The first-order valence-corrected chi connectivity index (χ1v) is 11.9. The van der Waals surface area contributed by atoms with Crippen LogP contribution >= 0.6 is 22.7 Å². The van der Waals surface area contributed by atoms with Crippen LogP contribution in [0.2, 0.25) is 0 Å². The quantitative estimate of drug-likeness (QED) is 0.300. The van der Waals surface area contributed by atoms with Crippen LogP contribution in [0.5, 0.6) is 23.3 Å². The molecule has 0 radical (unpaired) electrons. The Hall–Kier alpha value is -2.70. The highest BCUT2D eigenvalue weighted by atomic mass is 32.1. The van der Waals surface area contributed by atoms with Gasteiger partial charge in [0, 0.05) is 0 Å². The SMILES string of the molecule is CC(C)(C)c1cccc(Oc2csc(C(C)(C)c3nc(Oc4ccccc4)cs3)n2)c1. The molecule has 0 aliphatic heterocycles. The van der Waals surface area contributed by atoms with E-state index < -0.39 is 0 Å². The van der Waals surface area contributed by atoms with Gasteiger partial charge in [-0.2, -0.15) is 0 Å². The lowest BCUT2D eigenvalue weighted by atomic mass is 9.87. The summed E-state index contributed by atoms with van der Waals surface area (Å²) < 4.78 is 11.9. The van der Waals surface area contributed by atoms with Gasteiger partial charge in [-0.15, -0.1) is 22.7 Å². The maximum atomic E-state index is 6.07. The molecule has 31 heavy (non-hydrogen) atoms. The summed E-state index contributed by atoms with van der Waals surface area (Å²) >= 11 is 3.16. The van der Waals surface area contributed by atoms with Crippen molar-refractivity contribution in [3.05, 3.63) is 80.9 Å². The third kappa shape index (κ3) is 4.97. The second-order valence-electron chi connectivity index (χ2n) is 8.90. The highest BCUT2D eigenvalue weighted by molar-refractivity contribution is 7.11. The first kappa shape index (κ1) is 21.5. The first-order chi connectivity index (χ1) is 14.7. The van der Waals surface area contributed by atoms with Crippen LogP contribution in [0.3, 0.4) is 0 Å². The van der Waals surface area contributed by atoms with Gasteiger partial charge in [0.05, 0.1) is 16.2 Å². The Kier molecular flexibility index (Phi) is 5.86. The molecule has 160 valence electrons. The van der Waals surface area contributed by atoms with E-state index in [1.807, 2.05) is 53.2 Å². The lowest BCUT2D eigenvalue weighted by molar-refractivity contribution is 0.454. The van der Waals surface area contributed by atoms with E-state index in [9.17, 15) is 0 Å². The van der Waals surface area contributed by atoms with Crippen molar-refractivity contribution >= 4 is 22.7 Å². The Bertz CT molecular complexity index is 1160. The standard InChI is InChI=1S/C25H26N2O2S2/c1-24(2,3)17-10-9-13-19(14-17)29-21-16-31-23(27-21)25(4,5)22-26-20(15-30-22)28-18-11-7-6-8-12-18/h6-16H,1-5H3. The Morgan fingerprint density at radius 3 is 1.81 bits per heavy atom. The molecule has 0 N–H and O–H groups in total. The molecule has 0 spiro atoms. The van der Waals surface area contributed by atoms with E-state index in [-0.39, 0.29) is 10.8 Å². The summed E-state index contributed by atoms with van der Waals surface area (Å²) in [5.74, 6) is 2.79. The van der Waals surface area contributed by atoms with Gasteiger partial charge >= 0.3 is 0 Å². The van der Waals surface area contributed by atoms with Gasteiger partial charge in [-0.1, -0.05) is 51.1 Å². The minimum Gasteiger partial charge on any atom is -0.438 e. The third-order valence-corrected chi connectivity index (χ3v) is 7.21. The van der Waals surface area contributed by atoms with Gasteiger partial charge in [0.15, 0.2) is 0 Å². The molecule has 0 amide bonds. The largest absolute Gasteiger partial charge is 0.438 e. The molecule has 0 aliphatic carbocycles. The summed E-state index contributed by atoms with van der Waals surface area (Å²) in [5, 5.41) is 5.80. The number of aromatic nitrogens is 2. The van der Waals surface area contributed by atoms with Gasteiger partial charge in [-0.25, -0.2) is 9.97 Å². The molecule has 6 heteroatoms. The maximum absolute atomic E-state index is 6.07. The Labute approximate surface area is 191 Å². The Balaban J connectivity index is 1.50. The van der Waals surface area contributed by atoms with Crippen LogP contribution in [0.25, 0.3) is 0 Å². The lowest BCUT2D eigenvalue weighted by Crippen LogP contribution is -2.18. The smallest absolute Gasteiger partial charge is 0.230 e. The second-order valence-corrected chi connectivity index (χ2v) is 10.6. The van der Waals surface area contributed by atoms with Crippen molar-refractivity contribution in [2.45, 2.75) is 45.4 Å². The molecule has 4 nitrogen and oxygen atoms in total. The summed E-state index contributed by atoms with van der Waals surface area (Å²) in [7, 11) is 0. The molecule has 0 bridgehead atoms. The van der Waals surface area contributed by atoms with E-state index >= 15 is 0 Å². The van der Waals surface area contributed by atoms with E-state index in [1.165, 1.54) is 5.56 Å². The van der Waals surface area contributed by atoms with E-state index in [4.69, 9.17) is 19.4 Å². The van der Waals surface area contributed by atoms with Crippen molar-refractivity contribution < 1.29 is 9.47 Å². The molecule has 0 saturated carbocycles. The number of para-hydroxylation sites is 1. The number of rotatable bonds is 6. The van der Waals surface area contributed by atoms with Gasteiger partial charge in [0.2, 0.25) is 11.8 Å². The zero-order chi connectivity index (χ0) is 22.1. The fourth-order valence-corrected chi connectivity index (χ4v) is 4.79. The topological polar surface area (TPSA) is 44.2 Å². The molecule has 0 unspecified atom stereocenters. The van der Waals surface area contributed by atoms with Crippen LogP contribution in [0, 0.1) is 0 Å². The number of benzene rings is 2. The van der Waals surface area contributed by atoms with E-state index in [2.05, 4.69) is 46.8 Å². The highest BCUT2D eigenvalue weighted by Gasteiger charge is 2.31. The minimum absolute atomic E-state index is 0.0684. The van der Waals surface area contributed by atoms with Crippen LogP contribution in [-0.4, -0.2) is 9.97 Å². The van der Waals surface area contributed by atoms with Crippen molar-refractivity contribution in [2.75, 3.05) is 0 Å². The van der Waals surface area contributed by atoms with E-state index in [0.29, 0.717) is 11.8 Å². The van der Waals surface area contributed by atoms with Gasteiger partial charge < -0.3 is 9.47 Å². The highest BCUT2D eigenvalue weighted by Crippen LogP contribution is 2.39. The van der Waals surface area contributed by atoms with Gasteiger partial charge in [-0.3, -0.25) is 0 Å². The van der Waals surface area contributed by atoms with Crippen LogP contribution in [-0.2, 0) is 10.8 Å². The average molecular weight is 451 g/mol. The van der Waals surface area contributed by atoms with Crippen LogP contribution in [0.4, 0.5) is 0 Å². The predicted molar refractivity (Wildman–Crippen MR) is 128 cm³/mol. The predicted octanol–water partition coefficient (Wildman–Crippen LogP) is 7.81. The zero-order valence-electron chi connectivity index (χ0n) is 18.4. The van der Waals surface area contributed by atoms with Gasteiger partial charge in [0.25, 0.3) is 0 Å². The summed E-state index contributed by atoms with van der Waals surface area (Å²) in [4.78, 5) is 9.47. The van der Waals surface area contributed by atoms with Crippen LogP contribution in [0.1, 0.15) is 50.2 Å². The fraction of sp³-hybridized carbons (Fsp3) is 0.280. The molecule has 4 rings (SSSR count). The number of thiazole rings is 2. The molecule has 0 saturated heterocycles. The average Bonchev–Trinajstić information content (AvgIpc) is 3.39. The lowest BCUT2D eigenvalue weighted by Gasteiger charge is -2.19. The van der Waals surface area contributed by atoms with E-state index in [0.717, 1.165) is 21.5 Å². The number of hydrogen-bond donors (Lipinski definition) is 0. The normalized spacial score (nSPS) is 12.0. The number of nitrogens with zero attached hydrogens (tertiary/aromatic N) is 2. The summed E-state index contributed by atoms with van der Waals surface area (Å²) in [6.07, 6.45) is 0. The molecular formula is C25H26N2O2S2. The Morgan fingerprint density at radius 2 is 1.23 bits per heavy atom. The van der Waals surface area contributed by atoms with Crippen molar-refractivity contribution in [2.24, 2.45) is 0 Å². The maximum Gasteiger partial charge on any atom is 0.230 e. The van der Waals surface area contributed by atoms with Gasteiger partial charge in [-0.05, 0) is 49.1 Å². The molecule has 4 aromatic rings. The van der Waals surface area contributed by atoms with E-state index in [1.54, 1.807) is 22.7 Å². The molecule has 0 atom stereocenters. The fourth-order valence-electron chi connectivity index (χ4n) is 3.03. The third-order valence-electron chi connectivity index (χ3n) is 4.92. The minimum atomic E-state index is -0.345. The van der Waals surface area contributed by atoms with Gasteiger partial charge in [0.1, 0.15) is 21.5 Å². The monoisotopic (exact) mass is 450 g/mol. The molecule has 2 aromatic carbocycles. The first-order valence-electron chi connectivity index (χ1n) is 10.1. The van der Waals surface area contributed by atoms with Crippen LogP contribution < -0.4 is 9.47 Å². The van der Waals surface area contributed by atoms with Crippen molar-refractivity contribution in [1.29, 1.82) is 0 Å². The van der Waals surface area contributed by atoms with Crippen molar-refractivity contribution in [3.63, 3.8) is 0 Å². The second kappa shape index (κ2) is 8.44. The molecule has 0 fully saturated rings. The van der Waals surface area contributed by atoms with Crippen molar-refractivity contribution in [3.8, 4) is 23.3 Å². The zero-order valence-corrected chi connectivity index (χ0v) is 20.0. The molecule has 2 aromatic heterocycles. The summed E-state index contributed by atoms with van der Waals surface area (Å²) in [6, 6.07) is 17.9. The molecule has 2 heterocycles. The summed E-state index contributed by atoms with van der Waals surface area (Å²) in [6.45, 7) is 10.8. The molecule has 0 aliphatic rings. The van der Waals surface area contributed by atoms with Crippen molar-refractivity contribution in [1.82, 2.24) is 9.97 Å². The van der Waals surface area contributed by atoms with Crippen LogP contribution in [0.15, 0.2) is 65.4 Å². The number of ether oxygens (including phenoxy) is 2.